The minimum absolute atomic E-state index is 0.00642. The maximum atomic E-state index is 11.4. The summed E-state index contributed by atoms with van der Waals surface area (Å²) in [6, 6.07) is 10.6. The van der Waals surface area contributed by atoms with Crippen molar-refractivity contribution in [1.29, 1.82) is 0 Å². The molecule has 0 amide bonds. The largest absolute Gasteiger partial charge is 0.465 e. The Hall–Kier alpha value is -1.92. The molecule has 0 aromatic heterocycles. The van der Waals surface area contributed by atoms with E-state index < -0.39 is 16.1 Å². The molecule has 0 unspecified atom stereocenters. The van der Waals surface area contributed by atoms with Gasteiger partial charge in [0.05, 0.1) is 25.5 Å². The van der Waals surface area contributed by atoms with Gasteiger partial charge in [-0.1, -0.05) is 18.2 Å². The first kappa shape index (κ1) is 14.5. The first-order chi connectivity index (χ1) is 9.39. The van der Waals surface area contributed by atoms with Gasteiger partial charge in [0.2, 0.25) is 0 Å². The zero-order chi connectivity index (χ0) is 14.8. The third-order valence-corrected chi connectivity index (χ3v) is 3.31. The van der Waals surface area contributed by atoms with Gasteiger partial charge >= 0.3 is 5.97 Å². The molecule has 0 atom stereocenters. The van der Waals surface area contributed by atoms with Crippen LogP contribution in [0.3, 0.4) is 0 Å². The summed E-state index contributed by atoms with van der Waals surface area (Å²) in [6.07, 6.45) is 1.01. The Kier molecular flexibility index (Phi) is 4.06. The minimum atomic E-state index is -3.46. The van der Waals surface area contributed by atoms with Crippen LogP contribution in [-0.2, 0) is 25.6 Å². The van der Waals surface area contributed by atoms with Crippen LogP contribution in [0.2, 0.25) is 0 Å². The number of rotatable bonds is 4. The lowest BCUT2D eigenvalue weighted by Gasteiger charge is -2.05. The van der Waals surface area contributed by atoms with Crippen LogP contribution in [0.4, 0.5) is 0 Å². The second kappa shape index (κ2) is 5.60. The number of carbonyl (C=O) groups is 1. The number of benzene rings is 2. The molecule has 0 saturated heterocycles. The van der Waals surface area contributed by atoms with Crippen molar-refractivity contribution in [3.05, 3.63) is 47.5 Å². The number of hydrogen-bond acceptors (Lipinski definition) is 5. The molecule has 2 aromatic rings. The first-order valence-corrected chi connectivity index (χ1v) is 7.66. The number of hydrogen-bond donors (Lipinski definition) is 0. The Bertz CT molecular complexity index is 749. The number of methoxy groups -OCH3 is 1. The van der Waals surface area contributed by atoms with Crippen molar-refractivity contribution in [2.75, 3.05) is 13.4 Å². The molecular formula is C14H14O5S. The van der Waals surface area contributed by atoms with Gasteiger partial charge in [-0.05, 0) is 34.5 Å². The highest BCUT2D eigenvalue weighted by Crippen LogP contribution is 2.19. The summed E-state index contributed by atoms with van der Waals surface area (Å²) in [5, 5.41) is 1.77. The first-order valence-electron chi connectivity index (χ1n) is 5.84. The number of esters is 1. The van der Waals surface area contributed by atoms with E-state index in [0.717, 1.165) is 22.6 Å². The second-order valence-electron chi connectivity index (χ2n) is 4.35. The summed E-state index contributed by atoms with van der Waals surface area (Å²) < 4.78 is 31.3. The average Bonchev–Trinajstić information content (AvgIpc) is 2.42. The third kappa shape index (κ3) is 3.55. The molecule has 20 heavy (non-hydrogen) atoms. The zero-order valence-electron chi connectivity index (χ0n) is 11.1. The van der Waals surface area contributed by atoms with Crippen molar-refractivity contribution >= 4 is 26.9 Å². The predicted octanol–water partition coefficient (Wildman–Crippen LogP) is 2.10. The Morgan fingerprint density at radius 1 is 1.10 bits per heavy atom. The molecule has 0 spiro atoms. The molecule has 0 aliphatic rings. The highest BCUT2D eigenvalue weighted by molar-refractivity contribution is 7.85. The summed E-state index contributed by atoms with van der Waals surface area (Å²) in [4.78, 5) is 11.4. The SMILES string of the molecule is COC(=O)c1ccc2cc(COS(C)(=O)=O)ccc2c1. The molecular weight excluding hydrogens is 280 g/mol. The zero-order valence-corrected chi connectivity index (χ0v) is 11.9. The fraction of sp³-hybridized carbons (Fsp3) is 0.214. The standard InChI is InChI=1S/C14H14O5S/c1-18-14(15)13-6-5-11-7-10(3-4-12(11)8-13)9-19-20(2,16)17/h3-8H,9H2,1-2H3. The number of carbonyl (C=O) groups excluding carboxylic acids is 1. The monoisotopic (exact) mass is 294 g/mol. The van der Waals surface area contributed by atoms with Gasteiger partial charge < -0.3 is 4.74 Å². The second-order valence-corrected chi connectivity index (χ2v) is 6.00. The van der Waals surface area contributed by atoms with Crippen molar-refractivity contribution in [1.82, 2.24) is 0 Å². The van der Waals surface area contributed by atoms with Gasteiger partial charge in [0.25, 0.3) is 10.1 Å². The lowest BCUT2D eigenvalue weighted by Crippen LogP contribution is -2.03. The predicted molar refractivity (Wildman–Crippen MR) is 74.9 cm³/mol. The van der Waals surface area contributed by atoms with E-state index in [2.05, 4.69) is 4.74 Å². The lowest BCUT2D eigenvalue weighted by molar-refractivity contribution is 0.0601. The molecule has 0 radical (unpaired) electrons. The van der Waals surface area contributed by atoms with Crippen molar-refractivity contribution in [3.8, 4) is 0 Å². The normalized spacial score (nSPS) is 11.5. The molecule has 5 nitrogen and oxygen atoms in total. The smallest absolute Gasteiger partial charge is 0.337 e. The van der Waals surface area contributed by atoms with Crippen LogP contribution < -0.4 is 0 Å². The molecule has 0 aliphatic heterocycles. The van der Waals surface area contributed by atoms with Crippen LogP contribution in [0.1, 0.15) is 15.9 Å². The Morgan fingerprint density at radius 2 is 1.75 bits per heavy atom. The van der Waals surface area contributed by atoms with Gasteiger partial charge in [-0.15, -0.1) is 0 Å². The number of fused-ring (bicyclic) bond motifs is 1. The van der Waals surface area contributed by atoms with Crippen LogP contribution in [0.25, 0.3) is 10.8 Å². The minimum Gasteiger partial charge on any atom is -0.465 e. The van der Waals surface area contributed by atoms with Crippen molar-refractivity contribution < 1.29 is 22.1 Å². The molecule has 0 heterocycles. The molecule has 0 aliphatic carbocycles. The van der Waals surface area contributed by atoms with E-state index in [1.807, 2.05) is 12.1 Å². The molecule has 0 bridgehead atoms. The van der Waals surface area contributed by atoms with Gasteiger partial charge in [-0.2, -0.15) is 8.42 Å². The topological polar surface area (TPSA) is 69.7 Å². The molecule has 2 rings (SSSR count). The quantitative estimate of drug-likeness (QED) is 0.638. The molecule has 0 saturated carbocycles. The Morgan fingerprint density at radius 3 is 2.40 bits per heavy atom. The van der Waals surface area contributed by atoms with Gasteiger partial charge in [0, 0.05) is 0 Å². The van der Waals surface area contributed by atoms with Gasteiger partial charge in [0.15, 0.2) is 0 Å². The van der Waals surface area contributed by atoms with E-state index in [1.54, 1.807) is 24.3 Å². The molecule has 106 valence electrons. The van der Waals surface area contributed by atoms with Crippen LogP contribution in [0, 0.1) is 0 Å². The maximum Gasteiger partial charge on any atom is 0.337 e. The number of ether oxygens (including phenoxy) is 1. The van der Waals surface area contributed by atoms with E-state index in [9.17, 15) is 13.2 Å². The summed E-state index contributed by atoms with van der Waals surface area (Å²) in [6.45, 7) is -0.00642. The van der Waals surface area contributed by atoms with Gasteiger partial charge in [0.1, 0.15) is 0 Å². The van der Waals surface area contributed by atoms with Gasteiger partial charge in [-0.3, -0.25) is 4.18 Å². The molecule has 2 aromatic carbocycles. The van der Waals surface area contributed by atoms with Crippen molar-refractivity contribution in [3.63, 3.8) is 0 Å². The Labute approximate surface area is 117 Å². The van der Waals surface area contributed by atoms with Crippen molar-refractivity contribution in [2.45, 2.75) is 6.61 Å². The summed E-state index contributed by atoms with van der Waals surface area (Å²) in [5.74, 6) is -0.392. The van der Waals surface area contributed by atoms with E-state index in [0.29, 0.717) is 5.56 Å². The van der Waals surface area contributed by atoms with Crippen molar-refractivity contribution in [2.24, 2.45) is 0 Å². The fourth-order valence-electron chi connectivity index (χ4n) is 1.80. The maximum absolute atomic E-state index is 11.4. The van der Waals surface area contributed by atoms with Crippen LogP contribution >= 0.6 is 0 Å². The highest BCUT2D eigenvalue weighted by Gasteiger charge is 2.07. The molecule has 0 fully saturated rings. The fourth-order valence-corrected chi connectivity index (χ4v) is 2.16. The Balaban J connectivity index is 2.29. The summed E-state index contributed by atoms with van der Waals surface area (Å²) in [7, 11) is -2.13. The van der Waals surface area contributed by atoms with E-state index >= 15 is 0 Å². The summed E-state index contributed by atoms with van der Waals surface area (Å²) in [5.41, 5.74) is 1.22. The highest BCUT2D eigenvalue weighted by atomic mass is 32.2. The van der Waals surface area contributed by atoms with E-state index in [1.165, 1.54) is 7.11 Å². The van der Waals surface area contributed by atoms with Crippen LogP contribution in [0.15, 0.2) is 36.4 Å². The van der Waals surface area contributed by atoms with E-state index in [-0.39, 0.29) is 6.61 Å². The molecule has 6 heteroatoms. The lowest BCUT2D eigenvalue weighted by atomic mass is 10.0. The van der Waals surface area contributed by atoms with Crippen LogP contribution in [0.5, 0.6) is 0 Å². The van der Waals surface area contributed by atoms with Gasteiger partial charge in [-0.25, -0.2) is 4.79 Å². The summed E-state index contributed by atoms with van der Waals surface area (Å²) >= 11 is 0. The average molecular weight is 294 g/mol. The third-order valence-electron chi connectivity index (χ3n) is 2.77. The van der Waals surface area contributed by atoms with Crippen LogP contribution in [-0.4, -0.2) is 27.8 Å². The van der Waals surface area contributed by atoms with E-state index in [4.69, 9.17) is 4.18 Å². The molecule has 0 N–H and O–H groups in total.